The molecule has 2 rings (SSSR count). The van der Waals surface area contributed by atoms with Crippen molar-refractivity contribution in [3.05, 3.63) is 6.07 Å². The monoisotopic (exact) mass is 267 g/mol. The van der Waals surface area contributed by atoms with Gasteiger partial charge in [-0.15, -0.1) is 0 Å². The lowest BCUT2D eigenvalue weighted by Crippen LogP contribution is -2.46. The van der Waals surface area contributed by atoms with Crippen molar-refractivity contribution in [1.29, 1.82) is 0 Å². The highest BCUT2D eigenvalue weighted by Gasteiger charge is 2.48. The van der Waals surface area contributed by atoms with E-state index in [0.717, 1.165) is 12.8 Å². The second-order valence-electron chi connectivity index (χ2n) is 4.68. The van der Waals surface area contributed by atoms with Gasteiger partial charge in [-0.25, -0.2) is 4.79 Å². The average Bonchev–Trinajstić information content (AvgIpc) is 3.22. The van der Waals surface area contributed by atoms with Gasteiger partial charge < -0.3 is 19.9 Å². The number of nitrogens with zero attached hydrogens (tertiary/aromatic N) is 2. The number of rotatable bonds is 6. The van der Waals surface area contributed by atoms with E-state index in [4.69, 9.17) is 9.47 Å². The molecule has 1 aromatic heterocycles. The number of ether oxygens (including phenoxy) is 2. The van der Waals surface area contributed by atoms with Crippen LogP contribution >= 0.6 is 0 Å². The molecule has 19 heavy (non-hydrogen) atoms. The first kappa shape index (κ1) is 13.4. The molecule has 0 aromatic carbocycles. The highest BCUT2D eigenvalue weighted by Crippen LogP contribution is 2.41. The summed E-state index contributed by atoms with van der Waals surface area (Å²) in [6, 6.07) is 1.53. The normalized spacial score (nSPS) is 17.4. The second kappa shape index (κ2) is 4.91. The second-order valence-corrected chi connectivity index (χ2v) is 4.68. The Labute approximate surface area is 111 Å². The third kappa shape index (κ3) is 2.69. The predicted molar refractivity (Wildman–Crippen MR) is 67.5 cm³/mol. The summed E-state index contributed by atoms with van der Waals surface area (Å²) in [6.45, 7) is 1.64. The largest absolute Gasteiger partial charge is 0.481 e. The minimum absolute atomic E-state index is 0.0887. The van der Waals surface area contributed by atoms with Crippen LogP contribution in [0.4, 0.5) is 5.95 Å². The van der Waals surface area contributed by atoms with Gasteiger partial charge in [0.1, 0.15) is 5.54 Å². The Kier molecular flexibility index (Phi) is 3.46. The van der Waals surface area contributed by atoms with Crippen LogP contribution in [0.25, 0.3) is 0 Å². The summed E-state index contributed by atoms with van der Waals surface area (Å²) in [5.74, 6) is -0.00467. The van der Waals surface area contributed by atoms with Crippen LogP contribution in [0.15, 0.2) is 6.07 Å². The van der Waals surface area contributed by atoms with E-state index in [0.29, 0.717) is 11.8 Å². The number of methoxy groups -OCH3 is 2. The zero-order valence-electron chi connectivity index (χ0n) is 11.1. The van der Waals surface area contributed by atoms with Gasteiger partial charge in [-0.3, -0.25) is 0 Å². The molecule has 1 aliphatic carbocycles. The lowest BCUT2D eigenvalue weighted by molar-refractivity contribution is -0.142. The molecule has 0 spiro atoms. The zero-order valence-corrected chi connectivity index (χ0v) is 11.1. The van der Waals surface area contributed by atoms with Gasteiger partial charge in [0, 0.05) is 0 Å². The van der Waals surface area contributed by atoms with Crippen molar-refractivity contribution >= 4 is 11.9 Å². The molecule has 1 fully saturated rings. The first-order valence-corrected chi connectivity index (χ1v) is 5.98. The summed E-state index contributed by atoms with van der Waals surface area (Å²) >= 11 is 0. The van der Waals surface area contributed by atoms with E-state index in [9.17, 15) is 9.90 Å². The van der Waals surface area contributed by atoms with Gasteiger partial charge in [-0.1, -0.05) is 0 Å². The molecule has 7 heteroatoms. The summed E-state index contributed by atoms with van der Waals surface area (Å²) in [5, 5.41) is 12.3. The molecule has 0 amide bonds. The number of carboxylic acids is 1. The number of anilines is 1. The summed E-state index contributed by atoms with van der Waals surface area (Å²) in [4.78, 5) is 19.6. The summed E-state index contributed by atoms with van der Waals surface area (Å²) in [5.41, 5.74) is -1.07. The SMILES string of the molecule is COc1cc(OC)nc(NC(C)(C(=O)O)C2CC2)n1. The van der Waals surface area contributed by atoms with Crippen LogP contribution in [0.1, 0.15) is 19.8 Å². The van der Waals surface area contributed by atoms with Crippen LogP contribution in [-0.4, -0.2) is 40.8 Å². The number of carboxylic acid groups (broad SMARTS) is 1. The van der Waals surface area contributed by atoms with Crippen LogP contribution in [0.3, 0.4) is 0 Å². The number of hydrogen-bond donors (Lipinski definition) is 2. The van der Waals surface area contributed by atoms with Gasteiger partial charge in [0.2, 0.25) is 17.7 Å². The Bertz CT molecular complexity index is 468. The van der Waals surface area contributed by atoms with Gasteiger partial charge >= 0.3 is 5.97 Å². The molecule has 0 saturated heterocycles. The Hall–Kier alpha value is -2.05. The van der Waals surface area contributed by atoms with Crippen molar-refractivity contribution in [3.8, 4) is 11.8 Å². The predicted octanol–water partition coefficient (Wildman–Crippen LogP) is 1.16. The summed E-state index contributed by atoms with van der Waals surface area (Å²) in [7, 11) is 2.95. The number of carbonyl (C=O) groups is 1. The van der Waals surface area contributed by atoms with E-state index >= 15 is 0 Å². The van der Waals surface area contributed by atoms with Crippen LogP contribution in [-0.2, 0) is 4.79 Å². The van der Waals surface area contributed by atoms with E-state index < -0.39 is 11.5 Å². The van der Waals surface area contributed by atoms with Gasteiger partial charge in [0.05, 0.1) is 20.3 Å². The first-order chi connectivity index (χ1) is 8.99. The molecule has 1 atom stereocenters. The van der Waals surface area contributed by atoms with E-state index in [2.05, 4.69) is 15.3 Å². The van der Waals surface area contributed by atoms with Crippen LogP contribution in [0.5, 0.6) is 11.8 Å². The van der Waals surface area contributed by atoms with Crippen LogP contribution in [0, 0.1) is 5.92 Å². The van der Waals surface area contributed by atoms with Crippen molar-refractivity contribution in [1.82, 2.24) is 9.97 Å². The van der Waals surface area contributed by atoms with Gasteiger partial charge in [-0.2, -0.15) is 9.97 Å². The fraction of sp³-hybridized carbons (Fsp3) is 0.583. The molecule has 1 saturated carbocycles. The molecule has 2 N–H and O–H groups in total. The van der Waals surface area contributed by atoms with E-state index in [1.165, 1.54) is 20.3 Å². The lowest BCUT2D eigenvalue weighted by Gasteiger charge is -2.26. The van der Waals surface area contributed by atoms with Gasteiger partial charge in [0.25, 0.3) is 0 Å². The van der Waals surface area contributed by atoms with Crippen molar-refractivity contribution in [2.45, 2.75) is 25.3 Å². The highest BCUT2D eigenvalue weighted by atomic mass is 16.5. The van der Waals surface area contributed by atoms with Crippen LogP contribution in [0.2, 0.25) is 0 Å². The molecular formula is C12H17N3O4. The van der Waals surface area contributed by atoms with Crippen molar-refractivity contribution in [3.63, 3.8) is 0 Å². The smallest absolute Gasteiger partial charge is 0.329 e. The van der Waals surface area contributed by atoms with E-state index in [1.54, 1.807) is 6.92 Å². The number of nitrogens with one attached hydrogen (secondary N) is 1. The fourth-order valence-corrected chi connectivity index (χ4v) is 1.89. The quantitative estimate of drug-likeness (QED) is 0.798. The minimum Gasteiger partial charge on any atom is -0.481 e. The molecule has 7 nitrogen and oxygen atoms in total. The summed E-state index contributed by atoms with van der Waals surface area (Å²) < 4.78 is 10.1. The molecule has 1 aromatic rings. The molecule has 1 unspecified atom stereocenters. The molecule has 0 radical (unpaired) electrons. The fourth-order valence-electron chi connectivity index (χ4n) is 1.89. The van der Waals surface area contributed by atoms with E-state index in [1.807, 2.05) is 0 Å². The Morgan fingerprint density at radius 3 is 2.26 bits per heavy atom. The highest BCUT2D eigenvalue weighted by molar-refractivity contribution is 5.82. The first-order valence-electron chi connectivity index (χ1n) is 5.98. The molecule has 104 valence electrons. The average molecular weight is 267 g/mol. The third-order valence-electron chi connectivity index (χ3n) is 3.31. The third-order valence-corrected chi connectivity index (χ3v) is 3.31. The Balaban J connectivity index is 2.28. The molecule has 1 heterocycles. The number of aliphatic carboxylic acids is 1. The zero-order chi connectivity index (χ0) is 14.0. The molecule has 1 aliphatic rings. The topological polar surface area (TPSA) is 93.6 Å². The Morgan fingerprint density at radius 1 is 1.37 bits per heavy atom. The molecular weight excluding hydrogens is 250 g/mol. The van der Waals surface area contributed by atoms with Gasteiger partial charge in [-0.05, 0) is 25.7 Å². The number of hydrogen-bond acceptors (Lipinski definition) is 6. The van der Waals surface area contributed by atoms with Gasteiger partial charge in [0.15, 0.2) is 0 Å². The number of aromatic nitrogens is 2. The summed E-state index contributed by atoms with van der Waals surface area (Å²) in [6.07, 6.45) is 1.77. The van der Waals surface area contributed by atoms with Crippen molar-refractivity contribution < 1.29 is 19.4 Å². The van der Waals surface area contributed by atoms with Crippen LogP contribution < -0.4 is 14.8 Å². The Morgan fingerprint density at radius 2 is 1.89 bits per heavy atom. The maximum Gasteiger partial charge on any atom is 0.329 e. The maximum atomic E-state index is 11.4. The standard InChI is InChI=1S/C12H17N3O4/c1-12(10(16)17,7-4-5-7)15-11-13-8(18-2)6-9(14-11)19-3/h6-7H,4-5H2,1-3H3,(H,16,17)(H,13,14,15). The lowest BCUT2D eigenvalue weighted by atomic mass is 9.96. The van der Waals surface area contributed by atoms with Crippen molar-refractivity contribution in [2.24, 2.45) is 5.92 Å². The molecule has 0 aliphatic heterocycles. The maximum absolute atomic E-state index is 11.4. The minimum atomic E-state index is -1.07. The molecule has 0 bridgehead atoms. The van der Waals surface area contributed by atoms with Crippen molar-refractivity contribution in [2.75, 3.05) is 19.5 Å². The van der Waals surface area contributed by atoms with E-state index in [-0.39, 0.29) is 11.9 Å².